The lowest BCUT2D eigenvalue weighted by Gasteiger charge is -2.19. The first kappa shape index (κ1) is 11.1. The first-order chi connectivity index (χ1) is 7.27. The molecule has 0 radical (unpaired) electrons. The maximum absolute atomic E-state index is 10.0. The molecule has 16 heavy (non-hydrogen) atoms. The van der Waals surface area contributed by atoms with Gasteiger partial charge in [0, 0.05) is 11.1 Å². The molecule has 0 saturated carbocycles. The highest BCUT2D eigenvalue weighted by atomic mass is 16.5. The Kier molecular flexibility index (Phi) is 2.10. The van der Waals surface area contributed by atoms with Crippen LogP contribution in [0.25, 0.3) is 5.57 Å². The topological polar surface area (TPSA) is 29.5 Å². The van der Waals surface area contributed by atoms with Gasteiger partial charge in [-0.15, -0.1) is 0 Å². The molecule has 1 N–H and O–H groups in total. The molecule has 0 unspecified atom stereocenters. The predicted molar refractivity (Wildman–Crippen MR) is 66.1 cm³/mol. The first-order valence-electron chi connectivity index (χ1n) is 5.49. The van der Waals surface area contributed by atoms with E-state index in [0.29, 0.717) is 5.75 Å². The second kappa shape index (κ2) is 3.03. The van der Waals surface area contributed by atoms with Crippen LogP contribution in [0, 0.1) is 20.8 Å². The average Bonchev–Trinajstić information content (AvgIpc) is 2.45. The largest absolute Gasteiger partial charge is 0.507 e. The van der Waals surface area contributed by atoms with Crippen molar-refractivity contribution in [2.75, 3.05) is 0 Å². The van der Waals surface area contributed by atoms with Gasteiger partial charge in [0.2, 0.25) is 0 Å². The van der Waals surface area contributed by atoms with Gasteiger partial charge in [0.1, 0.15) is 17.1 Å². The van der Waals surface area contributed by atoms with Crippen LogP contribution in [0.1, 0.15) is 36.1 Å². The van der Waals surface area contributed by atoms with E-state index in [1.165, 1.54) is 0 Å². The van der Waals surface area contributed by atoms with E-state index < -0.39 is 0 Å². The van der Waals surface area contributed by atoms with Crippen molar-refractivity contribution in [3.63, 3.8) is 0 Å². The quantitative estimate of drug-likeness (QED) is 0.722. The summed E-state index contributed by atoms with van der Waals surface area (Å²) >= 11 is 0. The van der Waals surface area contributed by atoms with Gasteiger partial charge in [-0.1, -0.05) is 6.58 Å². The number of aromatic hydroxyl groups is 1. The Morgan fingerprint density at radius 1 is 1.06 bits per heavy atom. The molecule has 2 heteroatoms. The Morgan fingerprint density at radius 2 is 1.62 bits per heavy atom. The number of benzene rings is 1. The minimum absolute atomic E-state index is 0.360. The number of rotatable bonds is 0. The van der Waals surface area contributed by atoms with E-state index in [2.05, 4.69) is 6.58 Å². The summed E-state index contributed by atoms with van der Waals surface area (Å²) in [6, 6.07) is 0. The Hall–Kier alpha value is -1.44. The monoisotopic (exact) mass is 218 g/mol. The van der Waals surface area contributed by atoms with Gasteiger partial charge in [0.05, 0.1) is 0 Å². The van der Waals surface area contributed by atoms with Gasteiger partial charge in [0.25, 0.3) is 0 Å². The summed E-state index contributed by atoms with van der Waals surface area (Å²) in [5, 5.41) is 10.0. The van der Waals surface area contributed by atoms with Gasteiger partial charge < -0.3 is 9.84 Å². The fourth-order valence-corrected chi connectivity index (χ4v) is 2.21. The van der Waals surface area contributed by atoms with Crippen LogP contribution in [0.5, 0.6) is 11.5 Å². The zero-order valence-corrected chi connectivity index (χ0v) is 10.6. The molecule has 0 amide bonds. The lowest BCUT2D eigenvalue weighted by atomic mass is 9.90. The Morgan fingerprint density at radius 3 is 2.19 bits per heavy atom. The van der Waals surface area contributed by atoms with Crippen LogP contribution < -0.4 is 4.74 Å². The SMILES string of the molecule is C=C1c2c(C)c(O)c(C)c(C)c2OC1(C)C. The van der Waals surface area contributed by atoms with Crippen LogP contribution in [-0.4, -0.2) is 10.7 Å². The van der Waals surface area contributed by atoms with Crippen molar-refractivity contribution < 1.29 is 9.84 Å². The molecule has 0 aromatic heterocycles. The maximum atomic E-state index is 10.0. The molecule has 86 valence electrons. The second-order valence-electron chi connectivity index (χ2n) is 5.02. The average molecular weight is 218 g/mol. The van der Waals surface area contributed by atoms with Gasteiger partial charge in [-0.25, -0.2) is 0 Å². The fourth-order valence-electron chi connectivity index (χ4n) is 2.21. The smallest absolute Gasteiger partial charge is 0.131 e. The maximum Gasteiger partial charge on any atom is 0.131 e. The van der Waals surface area contributed by atoms with Gasteiger partial charge >= 0.3 is 0 Å². The van der Waals surface area contributed by atoms with E-state index >= 15 is 0 Å². The summed E-state index contributed by atoms with van der Waals surface area (Å²) in [5.41, 5.74) is 4.31. The zero-order valence-electron chi connectivity index (χ0n) is 10.6. The fraction of sp³-hybridized carbons (Fsp3) is 0.429. The van der Waals surface area contributed by atoms with Gasteiger partial charge in [-0.3, -0.25) is 0 Å². The summed E-state index contributed by atoms with van der Waals surface area (Å²) in [6.07, 6.45) is 0. The van der Waals surface area contributed by atoms with Gasteiger partial charge in [-0.2, -0.15) is 0 Å². The summed E-state index contributed by atoms with van der Waals surface area (Å²) in [4.78, 5) is 0. The highest BCUT2D eigenvalue weighted by Crippen LogP contribution is 2.49. The normalized spacial score (nSPS) is 17.2. The van der Waals surface area contributed by atoms with Crippen LogP contribution in [0.15, 0.2) is 6.58 Å². The zero-order chi connectivity index (χ0) is 12.2. The third kappa shape index (κ3) is 1.19. The minimum Gasteiger partial charge on any atom is -0.507 e. The van der Waals surface area contributed by atoms with Gasteiger partial charge in [0.15, 0.2) is 0 Å². The molecule has 0 aliphatic carbocycles. The van der Waals surface area contributed by atoms with E-state index in [-0.39, 0.29) is 5.60 Å². The number of hydrogen-bond acceptors (Lipinski definition) is 2. The van der Waals surface area contributed by atoms with Crippen molar-refractivity contribution >= 4 is 5.57 Å². The molecule has 0 atom stereocenters. The summed E-state index contributed by atoms with van der Waals surface area (Å²) in [5.74, 6) is 1.24. The molecule has 1 aromatic rings. The highest BCUT2D eigenvalue weighted by molar-refractivity contribution is 5.83. The Bertz CT molecular complexity index is 496. The van der Waals surface area contributed by atoms with Crippen molar-refractivity contribution in [2.45, 2.75) is 40.2 Å². The number of ether oxygens (including phenoxy) is 1. The van der Waals surface area contributed by atoms with E-state index in [1.807, 2.05) is 34.6 Å². The number of hydrogen-bond donors (Lipinski definition) is 1. The standard InChI is InChI=1S/C14H18O2/c1-7-8(2)13-11(9(3)12(7)15)10(4)14(5,6)16-13/h15H,4H2,1-3,5-6H3. The number of phenolic OH excluding ortho intramolecular Hbond substituents is 1. The molecule has 1 aliphatic rings. The Labute approximate surface area is 96.6 Å². The minimum atomic E-state index is -0.377. The van der Waals surface area contributed by atoms with Crippen molar-refractivity contribution in [2.24, 2.45) is 0 Å². The van der Waals surface area contributed by atoms with Crippen LogP contribution in [0.2, 0.25) is 0 Å². The Balaban J connectivity index is 2.82. The molecule has 0 saturated heterocycles. The van der Waals surface area contributed by atoms with Crippen molar-refractivity contribution in [1.29, 1.82) is 0 Å². The predicted octanol–water partition coefficient (Wildman–Crippen LogP) is 3.50. The molecular formula is C14H18O2. The summed E-state index contributed by atoms with van der Waals surface area (Å²) < 4.78 is 5.94. The van der Waals surface area contributed by atoms with Crippen LogP contribution in [-0.2, 0) is 0 Å². The molecule has 0 spiro atoms. The van der Waals surface area contributed by atoms with Crippen LogP contribution >= 0.6 is 0 Å². The van der Waals surface area contributed by atoms with Crippen molar-refractivity contribution in [1.82, 2.24) is 0 Å². The number of phenols is 1. The van der Waals surface area contributed by atoms with Gasteiger partial charge in [-0.05, 0) is 51.3 Å². The third-order valence-corrected chi connectivity index (χ3v) is 3.60. The molecule has 0 fully saturated rings. The molecular weight excluding hydrogens is 200 g/mol. The molecule has 1 aliphatic heterocycles. The summed E-state index contributed by atoms with van der Waals surface area (Å²) in [7, 11) is 0. The van der Waals surface area contributed by atoms with E-state index in [9.17, 15) is 5.11 Å². The van der Waals surface area contributed by atoms with Crippen molar-refractivity contribution in [3.05, 3.63) is 28.8 Å². The molecule has 0 bridgehead atoms. The van der Waals surface area contributed by atoms with Crippen LogP contribution in [0.3, 0.4) is 0 Å². The lowest BCUT2D eigenvalue weighted by molar-refractivity contribution is 0.188. The van der Waals surface area contributed by atoms with E-state index in [0.717, 1.165) is 33.6 Å². The molecule has 1 heterocycles. The summed E-state index contributed by atoms with van der Waals surface area (Å²) in [6.45, 7) is 13.9. The van der Waals surface area contributed by atoms with Crippen LogP contribution in [0.4, 0.5) is 0 Å². The van der Waals surface area contributed by atoms with E-state index in [1.54, 1.807) is 0 Å². The second-order valence-corrected chi connectivity index (χ2v) is 5.02. The van der Waals surface area contributed by atoms with E-state index in [4.69, 9.17) is 4.74 Å². The highest BCUT2D eigenvalue weighted by Gasteiger charge is 2.37. The number of fused-ring (bicyclic) bond motifs is 1. The lowest BCUT2D eigenvalue weighted by Crippen LogP contribution is -2.23. The van der Waals surface area contributed by atoms with Crippen molar-refractivity contribution in [3.8, 4) is 11.5 Å². The first-order valence-corrected chi connectivity index (χ1v) is 5.49. The molecule has 2 nitrogen and oxygen atoms in total. The molecule has 2 rings (SSSR count). The third-order valence-electron chi connectivity index (χ3n) is 3.60. The molecule has 1 aromatic carbocycles.